The molecule has 0 spiro atoms. The summed E-state index contributed by atoms with van der Waals surface area (Å²) < 4.78 is 30.4. The van der Waals surface area contributed by atoms with Gasteiger partial charge in [-0.1, -0.05) is 36.4 Å². The Morgan fingerprint density at radius 2 is 1.85 bits per heavy atom. The molecule has 4 nitrogen and oxygen atoms in total. The SMILES string of the molecule is [2H]C([2H])([2H])n1c2ncccc2c2c1n(-c1ccccc1)c1[n+]2Cc2ccccc2-1. The van der Waals surface area contributed by atoms with Gasteiger partial charge in [0.15, 0.2) is 0 Å². The van der Waals surface area contributed by atoms with E-state index in [1.54, 1.807) is 6.20 Å². The summed E-state index contributed by atoms with van der Waals surface area (Å²) in [7, 11) is 0. The lowest BCUT2D eigenvalue weighted by atomic mass is 10.1. The van der Waals surface area contributed by atoms with E-state index in [9.17, 15) is 0 Å². The average molecular weight is 340 g/mol. The molecule has 3 aromatic heterocycles. The molecule has 6 rings (SSSR count). The number of hydrogen-bond acceptors (Lipinski definition) is 1. The van der Waals surface area contributed by atoms with E-state index >= 15 is 0 Å². The molecule has 26 heavy (non-hydrogen) atoms. The number of para-hydroxylation sites is 1. The molecule has 0 radical (unpaired) electrons. The van der Waals surface area contributed by atoms with Crippen molar-refractivity contribution in [3.05, 3.63) is 78.5 Å². The third kappa shape index (κ3) is 1.59. The van der Waals surface area contributed by atoms with Crippen molar-refractivity contribution in [3.63, 3.8) is 0 Å². The van der Waals surface area contributed by atoms with Crippen LogP contribution in [0.5, 0.6) is 0 Å². The summed E-state index contributed by atoms with van der Waals surface area (Å²) in [5.41, 5.74) is 5.31. The second kappa shape index (κ2) is 4.82. The fraction of sp³-hybridized carbons (Fsp3) is 0.0909. The highest BCUT2D eigenvalue weighted by Gasteiger charge is 2.37. The van der Waals surface area contributed by atoms with Crippen LogP contribution in [0.2, 0.25) is 0 Å². The Balaban J connectivity index is 1.89. The fourth-order valence-electron chi connectivity index (χ4n) is 4.17. The molecule has 4 heterocycles. The first-order chi connectivity index (χ1) is 14.1. The monoisotopic (exact) mass is 340 g/mol. The van der Waals surface area contributed by atoms with Gasteiger partial charge in [0, 0.05) is 22.8 Å². The van der Waals surface area contributed by atoms with Crippen LogP contribution in [-0.4, -0.2) is 14.1 Å². The van der Waals surface area contributed by atoms with Crippen LogP contribution in [0.4, 0.5) is 0 Å². The van der Waals surface area contributed by atoms with Gasteiger partial charge in [-0.15, -0.1) is 0 Å². The Morgan fingerprint density at radius 3 is 2.73 bits per heavy atom. The molecule has 1 aliphatic rings. The molecule has 0 unspecified atom stereocenters. The summed E-state index contributed by atoms with van der Waals surface area (Å²) in [5, 5.41) is 0.849. The second-order valence-corrected chi connectivity index (χ2v) is 6.62. The van der Waals surface area contributed by atoms with Gasteiger partial charge in [0.2, 0.25) is 5.52 Å². The summed E-state index contributed by atoms with van der Waals surface area (Å²) in [6, 6.07) is 22.1. The number of fused-ring (bicyclic) bond motifs is 7. The zero-order valence-electron chi connectivity index (χ0n) is 16.9. The Kier molecular flexibility index (Phi) is 2.09. The average Bonchev–Trinajstić information content (AvgIpc) is 3.34. The lowest BCUT2D eigenvalue weighted by Crippen LogP contribution is -2.31. The topological polar surface area (TPSA) is 26.6 Å². The molecule has 124 valence electrons. The van der Waals surface area contributed by atoms with Crippen LogP contribution in [0, 0.1) is 0 Å². The van der Waals surface area contributed by atoms with Crippen LogP contribution in [0.25, 0.3) is 39.3 Å². The summed E-state index contributed by atoms with van der Waals surface area (Å²) in [6.07, 6.45) is 1.65. The molecule has 0 saturated carbocycles. The molecule has 1 aliphatic heterocycles. The van der Waals surface area contributed by atoms with Crippen LogP contribution in [0.1, 0.15) is 9.68 Å². The van der Waals surface area contributed by atoms with E-state index in [0.717, 1.165) is 28.0 Å². The smallest absolute Gasteiger partial charge is 0.292 e. The van der Waals surface area contributed by atoms with E-state index in [0.29, 0.717) is 17.8 Å². The standard InChI is InChI=1S/C22H17N4/c1-24-20-18(12-7-13-23-20)19-22(24)26(16-9-3-2-4-10-16)21-17-11-6-5-8-15(17)14-25(19)21/h2-13H,14H2,1H3/q+1/i1D3. The van der Waals surface area contributed by atoms with Crippen LogP contribution in [-0.2, 0) is 13.5 Å². The minimum atomic E-state index is -2.35. The van der Waals surface area contributed by atoms with Crippen LogP contribution in [0.15, 0.2) is 72.9 Å². The number of imidazole rings is 1. The third-order valence-electron chi connectivity index (χ3n) is 5.23. The van der Waals surface area contributed by atoms with E-state index in [4.69, 9.17) is 4.11 Å². The van der Waals surface area contributed by atoms with Gasteiger partial charge in [0.1, 0.15) is 17.9 Å². The second-order valence-electron chi connectivity index (χ2n) is 6.62. The highest BCUT2D eigenvalue weighted by atomic mass is 15.3. The number of pyridine rings is 1. The van der Waals surface area contributed by atoms with Gasteiger partial charge in [-0.3, -0.25) is 4.57 Å². The van der Waals surface area contributed by atoms with Crippen LogP contribution >= 0.6 is 0 Å². The molecule has 0 amide bonds. The predicted molar refractivity (Wildman–Crippen MR) is 102 cm³/mol. The Bertz CT molecular complexity index is 1410. The minimum Gasteiger partial charge on any atom is -0.292 e. The van der Waals surface area contributed by atoms with E-state index in [2.05, 4.69) is 26.3 Å². The van der Waals surface area contributed by atoms with E-state index in [-0.39, 0.29) is 0 Å². The summed E-state index contributed by atoms with van der Waals surface area (Å²) in [4.78, 5) is 4.44. The lowest BCUT2D eigenvalue weighted by molar-refractivity contribution is -0.645. The zero-order chi connectivity index (χ0) is 19.8. The van der Waals surface area contributed by atoms with Crippen molar-refractivity contribution in [3.8, 4) is 17.1 Å². The number of hydrogen-bond donors (Lipinski definition) is 0. The van der Waals surface area contributed by atoms with E-state index in [1.165, 1.54) is 10.1 Å². The van der Waals surface area contributed by atoms with Gasteiger partial charge < -0.3 is 0 Å². The molecule has 0 N–H and O–H groups in total. The Hall–Kier alpha value is -3.40. The molecular weight excluding hydrogens is 320 g/mol. The first-order valence-corrected chi connectivity index (χ1v) is 8.63. The molecule has 0 atom stereocenters. The van der Waals surface area contributed by atoms with Gasteiger partial charge in [-0.25, -0.2) is 9.55 Å². The summed E-state index contributed by atoms with van der Waals surface area (Å²) >= 11 is 0. The fourth-order valence-corrected chi connectivity index (χ4v) is 4.17. The van der Waals surface area contributed by atoms with Gasteiger partial charge >= 0.3 is 0 Å². The van der Waals surface area contributed by atoms with Crippen molar-refractivity contribution >= 4 is 22.2 Å². The maximum Gasteiger partial charge on any atom is 0.297 e. The quantitative estimate of drug-likeness (QED) is 0.418. The zero-order valence-corrected chi connectivity index (χ0v) is 13.9. The largest absolute Gasteiger partial charge is 0.297 e. The first-order valence-electron chi connectivity index (χ1n) is 10.1. The van der Waals surface area contributed by atoms with Crippen molar-refractivity contribution in [2.75, 3.05) is 0 Å². The third-order valence-corrected chi connectivity index (χ3v) is 5.23. The predicted octanol–water partition coefficient (Wildman–Crippen LogP) is 3.83. The molecule has 0 saturated heterocycles. The minimum absolute atomic E-state index is 0.480. The van der Waals surface area contributed by atoms with Gasteiger partial charge in [0.25, 0.3) is 11.5 Å². The lowest BCUT2D eigenvalue weighted by Gasteiger charge is -2.03. The van der Waals surface area contributed by atoms with Crippen molar-refractivity contribution in [2.45, 2.75) is 6.54 Å². The van der Waals surface area contributed by atoms with Crippen molar-refractivity contribution < 1.29 is 8.68 Å². The highest BCUT2D eigenvalue weighted by Crippen LogP contribution is 2.36. The molecule has 2 aromatic carbocycles. The number of aromatic nitrogens is 4. The summed E-state index contributed by atoms with van der Waals surface area (Å²) in [6.45, 7) is -1.65. The normalized spacial score (nSPS) is 14.8. The molecule has 0 aliphatic carbocycles. The van der Waals surface area contributed by atoms with E-state index < -0.39 is 6.98 Å². The Morgan fingerprint density at radius 1 is 1.00 bits per heavy atom. The molecular formula is C22H17N4+. The number of rotatable bonds is 1. The number of nitrogens with zero attached hydrogens (tertiary/aromatic N) is 4. The maximum absolute atomic E-state index is 8.25. The van der Waals surface area contributed by atoms with Gasteiger partial charge in [0.05, 0.1) is 10.9 Å². The molecule has 0 fully saturated rings. The van der Waals surface area contributed by atoms with Gasteiger partial charge in [-0.05, 0) is 30.3 Å². The van der Waals surface area contributed by atoms with Crippen molar-refractivity contribution in [2.24, 2.45) is 6.98 Å². The van der Waals surface area contributed by atoms with Gasteiger partial charge in [-0.2, -0.15) is 4.57 Å². The molecule has 0 bridgehead atoms. The summed E-state index contributed by atoms with van der Waals surface area (Å²) in [5.74, 6) is 1.00. The highest BCUT2D eigenvalue weighted by molar-refractivity contribution is 6.02. The maximum atomic E-state index is 8.25. The molecule has 5 aromatic rings. The van der Waals surface area contributed by atoms with Crippen molar-refractivity contribution in [1.29, 1.82) is 0 Å². The Labute approximate surface area is 154 Å². The van der Waals surface area contributed by atoms with Crippen molar-refractivity contribution in [1.82, 2.24) is 14.1 Å². The number of benzene rings is 2. The van der Waals surface area contributed by atoms with Crippen LogP contribution in [0.3, 0.4) is 0 Å². The molecule has 4 heteroatoms. The first kappa shape index (κ1) is 11.3. The number of aryl methyl sites for hydroxylation is 1. The van der Waals surface area contributed by atoms with Crippen LogP contribution < -0.4 is 4.57 Å². The van der Waals surface area contributed by atoms with E-state index in [1.807, 2.05) is 54.6 Å².